The van der Waals surface area contributed by atoms with Gasteiger partial charge in [-0.25, -0.2) is 4.79 Å². The van der Waals surface area contributed by atoms with E-state index in [0.717, 1.165) is 18.5 Å². The number of hydrogen-bond donors (Lipinski definition) is 1. The summed E-state index contributed by atoms with van der Waals surface area (Å²) in [5.41, 5.74) is 4.10. The molecule has 0 saturated carbocycles. The topological polar surface area (TPSA) is 54.6 Å². The van der Waals surface area contributed by atoms with Crippen LogP contribution in [0.1, 0.15) is 31.5 Å². The van der Waals surface area contributed by atoms with E-state index in [1.807, 2.05) is 0 Å². The molecular formula is C22H24N2O3. The molecule has 1 saturated heterocycles. The molecule has 0 aliphatic carbocycles. The number of fused-ring (bicyclic) bond motifs is 6. The molecule has 27 heavy (non-hydrogen) atoms. The van der Waals surface area contributed by atoms with E-state index < -0.39 is 0 Å². The number of para-hydroxylation sites is 1. The maximum atomic E-state index is 12.4. The van der Waals surface area contributed by atoms with Crippen LogP contribution in [0.4, 0.5) is 0 Å². The third-order valence-electron chi connectivity index (χ3n) is 6.71. The fraction of sp³-hybridized carbons (Fsp3) is 0.409. The lowest BCUT2D eigenvalue weighted by Crippen LogP contribution is -2.56. The number of nitrogens with zero attached hydrogens (tertiary/aromatic N) is 1. The molecule has 0 spiro atoms. The van der Waals surface area contributed by atoms with E-state index in [1.54, 1.807) is 6.26 Å². The van der Waals surface area contributed by atoms with Crippen LogP contribution in [-0.2, 0) is 19.8 Å². The number of carbonyl (C=O) groups is 1. The molecule has 3 unspecified atom stereocenters. The lowest BCUT2D eigenvalue weighted by molar-refractivity contribution is -0.139. The first-order valence-electron chi connectivity index (χ1n) is 9.53. The first-order chi connectivity index (χ1) is 13.0. The van der Waals surface area contributed by atoms with Gasteiger partial charge in [-0.2, -0.15) is 0 Å². The van der Waals surface area contributed by atoms with Crippen molar-refractivity contribution in [3.05, 3.63) is 53.6 Å². The molecule has 0 radical (unpaired) electrons. The van der Waals surface area contributed by atoms with Gasteiger partial charge in [0, 0.05) is 46.7 Å². The van der Waals surface area contributed by atoms with Crippen LogP contribution in [0.2, 0.25) is 0 Å². The molecule has 1 N–H and O–H groups in total. The summed E-state index contributed by atoms with van der Waals surface area (Å²) in [7, 11) is 1.44. The van der Waals surface area contributed by atoms with E-state index in [1.165, 1.54) is 23.8 Å². The van der Waals surface area contributed by atoms with E-state index in [9.17, 15) is 4.79 Å². The van der Waals surface area contributed by atoms with Crippen LogP contribution in [-0.4, -0.2) is 35.6 Å². The molecule has 0 amide bonds. The van der Waals surface area contributed by atoms with Gasteiger partial charge in [-0.1, -0.05) is 18.2 Å². The molecule has 5 heteroatoms. The van der Waals surface area contributed by atoms with Crippen LogP contribution in [0.25, 0.3) is 17.0 Å². The highest BCUT2D eigenvalue weighted by Gasteiger charge is 2.51. The summed E-state index contributed by atoms with van der Waals surface area (Å²) in [5, 5.41) is 1.25. The number of esters is 1. The number of methoxy groups -OCH3 is 1. The number of rotatable bonds is 1. The second-order valence-electron chi connectivity index (χ2n) is 8.08. The summed E-state index contributed by atoms with van der Waals surface area (Å²) >= 11 is 0. The van der Waals surface area contributed by atoms with Crippen molar-refractivity contribution in [2.75, 3.05) is 13.7 Å². The number of hydrogen-bond acceptors (Lipinski definition) is 4. The minimum atomic E-state index is -0.280. The monoisotopic (exact) mass is 364 g/mol. The van der Waals surface area contributed by atoms with Gasteiger partial charge in [0.05, 0.1) is 24.5 Å². The molecule has 4 heterocycles. The van der Waals surface area contributed by atoms with E-state index >= 15 is 0 Å². The molecule has 5 nitrogen and oxygen atoms in total. The number of carbonyl (C=O) groups excluding carboxylic acids is 1. The Morgan fingerprint density at radius 1 is 1.37 bits per heavy atom. The lowest BCUT2D eigenvalue weighted by atomic mass is 9.67. The Labute approximate surface area is 158 Å². The number of aromatic nitrogens is 1. The van der Waals surface area contributed by atoms with Gasteiger partial charge in [-0.05, 0) is 32.4 Å². The summed E-state index contributed by atoms with van der Waals surface area (Å²) in [6.07, 6.45) is 6.96. The van der Waals surface area contributed by atoms with Gasteiger partial charge in [0.2, 0.25) is 0 Å². The maximum absolute atomic E-state index is 12.4. The van der Waals surface area contributed by atoms with Crippen molar-refractivity contribution in [3.63, 3.8) is 0 Å². The van der Waals surface area contributed by atoms with Crippen LogP contribution in [0.3, 0.4) is 0 Å². The van der Waals surface area contributed by atoms with Crippen LogP contribution >= 0.6 is 0 Å². The highest BCUT2D eigenvalue weighted by molar-refractivity contribution is 5.92. The van der Waals surface area contributed by atoms with Gasteiger partial charge in [-0.15, -0.1) is 0 Å². The summed E-state index contributed by atoms with van der Waals surface area (Å²) < 4.78 is 10.8. The average Bonchev–Trinajstić information content (AvgIpc) is 3.06. The quantitative estimate of drug-likeness (QED) is 0.783. The molecule has 140 valence electrons. The molecule has 1 aromatic heterocycles. The Kier molecular flexibility index (Phi) is 3.45. The second-order valence-corrected chi connectivity index (χ2v) is 8.08. The largest absolute Gasteiger partial charge is 0.497 e. The highest BCUT2D eigenvalue weighted by Crippen LogP contribution is 2.51. The van der Waals surface area contributed by atoms with Gasteiger partial charge < -0.3 is 19.4 Å². The second kappa shape index (κ2) is 5.65. The van der Waals surface area contributed by atoms with Crippen molar-refractivity contribution >= 4 is 22.9 Å². The van der Waals surface area contributed by atoms with Crippen molar-refractivity contribution in [2.45, 2.75) is 31.9 Å². The summed E-state index contributed by atoms with van der Waals surface area (Å²) in [4.78, 5) is 18.4. The maximum Gasteiger partial charge on any atom is 0.337 e. The summed E-state index contributed by atoms with van der Waals surface area (Å²) in [5.74, 6) is 0.0955. The molecule has 2 aromatic rings. The normalized spacial score (nSPS) is 31.4. The standard InChI is InChI=1S/C22H24N2O3/c1-13-17-11-24-9-8-15-14-6-4-5-7-19(14)23-20(15)22(24,2)10-16(17)18(12-27-13)21(25)26-3/h4-9,12-13,16-17,23H,10-11H2,1-3H3/t13?,16-,17?,22?/m0/s1. The van der Waals surface area contributed by atoms with Gasteiger partial charge >= 0.3 is 5.97 Å². The Morgan fingerprint density at radius 3 is 3.00 bits per heavy atom. The smallest absolute Gasteiger partial charge is 0.337 e. The molecule has 1 aromatic carbocycles. The Hall–Kier alpha value is -2.69. The van der Waals surface area contributed by atoms with E-state index in [4.69, 9.17) is 9.47 Å². The van der Waals surface area contributed by atoms with Crippen LogP contribution < -0.4 is 0 Å². The number of aromatic amines is 1. The van der Waals surface area contributed by atoms with Crippen molar-refractivity contribution in [1.82, 2.24) is 9.88 Å². The van der Waals surface area contributed by atoms with Gasteiger partial charge in [0.15, 0.2) is 0 Å². The molecule has 3 aliphatic heterocycles. The summed E-state index contributed by atoms with van der Waals surface area (Å²) in [6, 6.07) is 8.42. The van der Waals surface area contributed by atoms with Crippen LogP contribution in [0, 0.1) is 11.8 Å². The van der Waals surface area contributed by atoms with Crippen LogP contribution in [0.5, 0.6) is 0 Å². The van der Waals surface area contributed by atoms with Crippen molar-refractivity contribution in [3.8, 4) is 0 Å². The number of H-pyrrole nitrogens is 1. The third kappa shape index (κ3) is 2.20. The fourth-order valence-electron chi connectivity index (χ4n) is 5.15. The van der Waals surface area contributed by atoms with Gasteiger partial charge in [0.1, 0.15) is 6.10 Å². The first kappa shape index (κ1) is 16.5. The van der Waals surface area contributed by atoms with Crippen molar-refractivity contribution in [1.29, 1.82) is 0 Å². The van der Waals surface area contributed by atoms with E-state index in [0.29, 0.717) is 5.57 Å². The number of piperidine rings is 1. The molecule has 0 bridgehead atoms. The predicted molar refractivity (Wildman–Crippen MR) is 104 cm³/mol. The average molecular weight is 364 g/mol. The molecule has 1 fully saturated rings. The van der Waals surface area contributed by atoms with Gasteiger partial charge in [-0.3, -0.25) is 0 Å². The lowest BCUT2D eigenvalue weighted by Gasteiger charge is -2.54. The molecule has 5 rings (SSSR count). The Balaban J connectivity index is 1.62. The minimum absolute atomic E-state index is 0.0745. The molecular weight excluding hydrogens is 340 g/mol. The third-order valence-corrected chi connectivity index (χ3v) is 6.71. The Bertz CT molecular complexity index is 989. The zero-order valence-corrected chi connectivity index (χ0v) is 15.9. The summed E-state index contributed by atoms with van der Waals surface area (Å²) in [6.45, 7) is 5.21. The van der Waals surface area contributed by atoms with Crippen molar-refractivity contribution in [2.24, 2.45) is 11.8 Å². The first-order valence-corrected chi connectivity index (χ1v) is 9.53. The highest BCUT2D eigenvalue weighted by atomic mass is 16.5. The zero-order valence-electron chi connectivity index (χ0n) is 15.9. The number of ether oxygens (including phenoxy) is 2. The molecule has 4 atom stereocenters. The molecule has 3 aliphatic rings. The minimum Gasteiger partial charge on any atom is -0.497 e. The fourth-order valence-corrected chi connectivity index (χ4v) is 5.15. The van der Waals surface area contributed by atoms with Gasteiger partial charge in [0.25, 0.3) is 0 Å². The zero-order chi connectivity index (χ0) is 18.8. The Morgan fingerprint density at radius 2 is 2.19 bits per heavy atom. The van der Waals surface area contributed by atoms with Crippen molar-refractivity contribution < 1.29 is 14.3 Å². The van der Waals surface area contributed by atoms with E-state index in [-0.39, 0.29) is 29.4 Å². The SMILES string of the molecule is COC(=O)C1=COC(C)C2CN3C=Cc4c([nH]c5ccccc45)C3(C)C[C@H]12. The van der Waals surface area contributed by atoms with E-state index in [2.05, 4.69) is 60.3 Å². The van der Waals surface area contributed by atoms with Crippen LogP contribution in [0.15, 0.2) is 42.3 Å². The number of nitrogens with one attached hydrogen (secondary N) is 1. The predicted octanol–water partition coefficient (Wildman–Crippen LogP) is 3.78. The number of benzene rings is 1.